The van der Waals surface area contributed by atoms with E-state index in [0.717, 1.165) is 30.0 Å². The Morgan fingerprint density at radius 3 is 2.67 bits per heavy atom. The number of benzene rings is 2. The van der Waals surface area contributed by atoms with E-state index in [1.54, 1.807) is 20.1 Å². The van der Waals surface area contributed by atoms with Gasteiger partial charge in [-0.25, -0.2) is 0 Å². The van der Waals surface area contributed by atoms with E-state index in [9.17, 15) is 4.79 Å². The van der Waals surface area contributed by atoms with Gasteiger partial charge in [-0.05, 0) is 49.9 Å². The van der Waals surface area contributed by atoms with Gasteiger partial charge in [0.25, 0.3) is 0 Å². The second-order valence-corrected chi connectivity index (χ2v) is 7.25. The van der Waals surface area contributed by atoms with E-state index in [4.69, 9.17) is 9.84 Å². The molecule has 1 aliphatic heterocycles. The van der Waals surface area contributed by atoms with Gasteiger partial charge in [0.2, 0.25) is 0 Å². The maximum atomic E-state index is 11.7. The molecule has 0 amide bonds. The highest BCUT2D eigenvalue weighted by Crippen LogP contribution is 2.45. The van der Waals surface area contributed by atoms with Crippen molar-refractivity contribution >= 4 is 11.5 Å². The molecule has 1 heterocycles. The van der Waals surface area contributed by atoms with E-state index in [1.165, 1.54) is 16.7 Å². The molecule has 0 spiro atoms. The lowest BCUT2D eigenvalue weighted by atomic mass is 9.77. The van der Waals surface area contributed by atoms with Crippen LogP contribution in [0.1, 0.15) is 43.0 Å². The van der Waals surface area contributed by atoms with Gasteiger partial charge in [-0.15, -0.1) is 0 Å². The summed E-state index contributed by atoms with van der Waals surface area (Å²) in [5, 5.41) is 7.04. The zero-order valence-electron chi connectivity index (χ0n) is 16.0. The molecule has 1 aliphatic carbocycles. The number of hydrogen-bond donors (Lipinski definition) is 0. The molecule has 4 rings (SSSR count). The molecule has 4 nitrogen and oxygen atoms in total. The number of hydrogen-bond acceptors (Lipinski definition) is 4. The van der Waals surface area contributed by atoms with Crippen molar-refractivity contribution in [1.29, 1.82) is 0 Å². The van der Waals surface area contributed by atoms with E-state index >= 15 is 0 Å². The monoisotopic (exact) mass is 360 g/mol. The van der Waals surface area contributed by atoms with Crippen LogP contribution in [0.3, 0.4) is 0 Å². The van der Waals surface area contributed by atoms with Crippen LogP contribution in [0.15, 0.2) is 65.4 Å². The Kier molecular flexibility index (Phi) is 4.56. The Balaban J connectivity index is 1.83. The van der Waals surface area contributed by atoms with Crippen LogP contribution in [-0.4, -0.2) is 23.6 Å². The largest absolute Gasteiger partial charge is 0.497 e. The van der Waals surface area contributed by atoms with Gasteiger partial charge in [0.1, 0.15) is 5.75 Å². The quantitative estimate of drug-likeness (QED) is 0.753. The lowest BCUT2D eigenvalue weighted by Gasteiger charge is -2.31. The molecule has 0 radical (unpaired) electrons. The highest BCUT2D eigenvalue weighted by molar-refractivity contribution is 6.06. The third-order valence-corrected chi connectivity index (χ3v) is 5.44. The molecular formula is C23H24N2O2. The summed E-state index contributed by atoms with van der Waals surface area (Å²) in [7, 11) is 1.69. The van der Waals surface area contributed by atoms with Crippen molar-refractivity contribution in [1.82, 2.24) is 5.01 Å². The molecular weight excluding hydrogens is 336 g/mol. The van der Waals surface area contributed by atoms with E-state index in [1.807, 2.05) is 24.1 Å². The molecule has 27 heavy (non-hydrogen) atoms. The second kappa shape index (κ2) is 7.03. The van der Waals surface area contributed by atoms with Crippen molar-refractivity contribution in [2.24, 2.45) is 11.0 Å². The van der Waals surface area contributed by atoms with Crippen molar-refractivity contribution in [2.75, 3.05) is 7.11 Å². The maximum Gasteiger partial charge on any atom is 0.154 e. The first kappa shape index (κ1) is 17.5. The summed E-state index contributed by atoms with van der Waals surface area (Å²) in [5.41, 5.74) is 5.68. The zero-order chi connectivity index (χ0) is 19.0. The van der Waals surface area contributed by atoms with Gasteiger partial charge in [0, 0.05) is 23.3 Å². The Morgan fingerprint density at radius 1 is 1.19 bits per heavy atom. The number of carbonyl (C=O) groups is 1. The SMILES string of the molecule is COc1ccc2c(c1)C1=NN(C(C)=CC(C)=O)[C@@H](c3ccccc3)[C@@H]1CC2. The number of rotatable bonds is 4. The zero-order valence-corrected chi connectivity index (χ0v) is 16.0. The number of nitrogens with zero attached hydrogens (tertiary/aromatic N) is 2. The molecule has 4 heteroatoms. The van der Waals surface area contributed by atoms with Crippen LogP contribution in [0.5, 0.6) is 5.75 Å². The van der Waals surface area contributed by atoms with Gasteiger partial charge in [-0.2, -0.15) is 5.10 Å². The number of ketones is 1. The summed E-state index contributed by atoms with van der Waals surface area (Å²) in [6.45, 7) is 3.54. The molecule has 2 atom stereocenters. The lowest BCUT2D eigenvalue weighted by molar-refractivity contribution is -0.112. The Labute approximate surface area is 160 Å². The minimum absolute atomic E-state index is 0.0384. The summed E-state index contributed by atoms with van der Waals surface area (Å²) in [6.07, 6.45) is 3.74. The Bertz CT molecular complexity index is 931. The van der Waals surface area contributed by atoms with Gasteiger partial charge >= 0.3 is 0 Å². The summed E-state index contributed by atoms with van der Waals surface area (Å²) >= 11 is 0. The number of methoxy groups -OCH3 is 1. The van der Waals surface area contributed by atoms with Crippen LogP contribution < -0.4 is 4.74 Å². The molecule has 0 N–H and O–H groups in total. The first-order valence-electron chi connectivity index (χ1n) is 9.37. The topological polar surface area (TPSA) is 41.9 Å². The molecule has 2 aromatic carbocycles. The molecule has 0 aromatic heterocycles. The first-order valence-corrected chi connectivity index (χ1v) is 9.37. The average molecular weight is 360 g/mol. The number of hydrazone groups is 1. The molecule has 0 saturated carbocycles. The third-order valence-electron chi connectivity index (χ3n) is 5.44. The minimum Gasteiger partial charge on any atom is -0.497 e. The molecule has 0 bridgehead atoms. The normalized spacial score (nSPS) is 21.4. The summed E-state index contributed by atoms with van der Waals surface area (Å²) in [4.78, 5) is 11.7. The first-order chi connectivity index (χ1) is 13.1. The number of allylic oxidation sites excluding steroid dienone is 2. The van der Waals surface area contributed by atoms with Crippen LogP contribution in [-0.2, 0) is 11.2 Å². The standard InChI is InChI=1S/C23H24N2O2/c1-15(13-16(2)26)25-23(18-7-5-4-6-8-18)20-12-10-17-9-11-19(27-3)14-21(17)22(20)24-25/h4-9,11,13-14,20,23H,10,12H2,1-3H3/t20-,23+/m1/s1. The van der Waals surface area contributed by atoms with Crippen molar-refractivity contribution < 1.29 is 9.53 Å². The van der Waals surface area contributed by atoms with E-state index < -0.39 is 0 Å². The fourth-order valence-corrected chi connectivity index (χ4v) is 4.25. The smallest absolute Gasteiger partial charge is 0.154 e. The predicted molar refractivity (Wildman–Crippen MR) is 107 cm³/mol. The molecule has 0 fully saturated rings. The van der Waals surface area contributed by atoms with Gasteiger partial charge in [0.15, 0.2) is 5.78 Å². The van der Waals surface area contributed by atoms with Crippen LogP contribution in [0.4, 0.5) is 0 Å². The Morgan fingerprint density at radius 2 is 1.96 bits per heavy atom. The van der Waals surface area contributed by atoms with Crippen molar-refractivity contribution in [2.45, 2.75) is 32.7 Å². The molecule has 0 saturated heterocycles. The molecule has 138 valence electrons. The lowest BCUT2D eigenvalue weighted by Crippen LogP contribution is -2.28. The van der Waals surface area contributed by atoms with Crippen LogP contribution >= 0.6 is 0 Å². The highest BCUT2D eigenvalue weighted by atomic mass is 16.5. The van der Waals surface area contributed by atoms with E-state index in [0.29, 0.717) is 5.92 Å². The second-order valence-electron chi connectivity index (χ2n) is 7.25. The molecule has 2 aromatic rings. The fourth-order valence-electron chi connectivity index (χ4n) is 4.25. The van der Waals surface area contributed by atoms with Gasteiger partial charge < -0.3 is 4.74 Å². The number of fused-ring (bicyclic) bond motifs is 3. The number of ether oxygens (including phenoxy) is 1. The van der Waals surface area contributed by atoms with Crippen molar-refractivity contribution in [3.63, 3.8) is 0 Å². The van der Waals surface area contributed by atoms with E-state index in [2.05, 4.69) is 36.4 Å². The van der Waals surface area contributed by atoms with Gasteiger partial charge in [0.05, 0.1) is 18.9 Å². The van der Waals surface area contributed by atoms with E-state index in [-0.39, 0.29) is 11.8 Å². The van der Waals surface area contributed by atoms with Crippen LogP contribution in [0, 0.1) is 5.92 Å². The van der Waals surface area contributed by atoms with Gasteiger partial charge in [-0.3, -0.25) is 9.80 Å². The third kappa shape index (κ3) is 3.16. The predicted octanol–water partition coefficient (Wildman–Crippen LogP) is 4.51. The number of carbonyl (C=O) groups excluding carboxylic acids is 1. The summed E-state index contributed by atoms with van der Waals surface area (Å²) in [5.74, 6) is 1.18. The number of aryl methyl sites for hydroxylation is 1. The van der Waals surface area contributed by atoms with Gasteiger partial charge in [-0.1, -0.05) is 36.4 Å². The summed E-state index contributed by atoms with van der Waals surface area (Å²) < 4.78 is 5.44. The molecule has 2 aliphatic rings. The van der Waals surface area contributed by atoms with Crippen molar-refractivity contribution in [3.8, 4) is 5.75 Å². The molecule has 0 unspecified atom stereocenters. The van der Waals surface area contributed by atoms with Crippen molar-refractivity contribution in [3.05, 3.63) is 77.0 Å². The Hall–Kier alpha value is -2.88. The van der Waals surface area contributed by atoms with Crippen LogP contribution in [0.25, 0.3) is 0 Å². The maximum absolute atomic E-state index is 11.7. The highest BCUT2D eigenvalue weighted by Gasteiger charge is 2.42. The fraction of sp³-hybridized carbons (Fsp3) is 0.304. The van der Waals surface area contributed by atoms with Crippen LogP contribution in [0.2, 0.25) is 0 Å². The summed E-state index contributed by atoms with van der Waals surface area (Å²) in [6, 6.07) is 16.8. The average Bonchev–Trinajstić information content (AvgIpc) is 3.08. The minimum atomic E-state index is 0.0384.